The van der Waals surface area contributed by atoms with Crippen LogP contribution in [-0.2, 0) is 9.59 Å². The number of rotatable bonds is 24. The second-order valence-electron chi connectivity index (χ2n) is 10.1. The monoisotopic (exact) mass is 544 g/mol. The topological polar surface area (TPSA) is 50.3 Å². The van der Waals surface area contributed by atoms with Crippen LogP contribution in [0.3, 0.4) is 0 Å². The molecule has 4 heteroatoms. The number of aromatic nitrogens is 1. The zero-order valence-electron chi connectivity index (χ0n) is 25.1. The Kier molecular flexibility index (Phi) is 22.8. The van der Waals surface area contributed by atoms with Crippen molar-refractivity contribution in [3.63, 3.8) is 0 Å². The lowest BCUT2D eigenvalue weighted by Gasteiger charge is -2.15. The summed E-state index contributed by atoms with van der Waals surface area (Å²) in [6.45, 7) is 3.94. The molecule has 1 aromatic rings. The molecular formula is C36H52N2O2. The minimum atomic E-state index is 0.260. The molecule has 40 heavy (non-hydrogen) atoms. The number of ketones is 2. The molecule has 0 aliphatic carbocycles. The number of hydrogen-bond donors (Lipinski definition) is 0. The SMILES string of the molecule is CC/C=C\C/C=C\C/C=C\C/C=C\C/C=C\CCCC(=O)CCCN(C)CCCC(=O)C/C=C/c1cccnc1. The zero-order chi connectivity index (χ0) is 28.9. The average Bonchev–Trinajstić information content (AvgIpc) is 2.95. The Morgan fingerprint density at radius 3 is 1.85 bits per heavy atom. The van der Waals surface area contributed by atoms with Crippen LogP contribution < -0.4 is 0 Å². The molecule has 0 aliphatic heterocycles. The van der Waals surface area contributed by atoms with E-state index in [1.807, 2.05) is 24.3 Å². The van der Waals surface area contributed by atoms with E-state index in [0.717, 1.165) is 76.4 Å². The van der Waals surface area contributed by atoms with Gasteiger partial charge in [0.05, 0.1) is 0 Å². The second-order valence-corrected chi connectivity index (χ2v) is 10.1. The van der Waals surface area contributed by atoms with Crippen molar-refractivity contribution in [3.05, 3.63) is 96.9 Å². The third-order valence-electron chi connectivity index (χ3n) is 6.32. The van der Waals surface area contributed by atoms with Gasteiger partial charge in [-0.3, -0.25) is 14.6 Å². The largest absolute Gasteiger partial charge is 0.306 e. The average molecular weight is 545 g/mol. The fourth-order valence-corrected chi connectivity index (χ4v) is 4.02. The van der Waals surface area contributed by atoms with Crippen molar-refractivity contribution in [2.45, 2.75) is 90.4 Å². The highest BCUT2D eigenvalue weighted by molar-refractivity contribution is 5.80. The molecule has 0 spiro atoms. The maximum absolute atomic E-state index is 12.2. The highest BCUT2D eigenvalue weighted by Crippen LogP contribution is 2.06. The summed E-state index contributed by atoms with van der Waals surface area (Å²) in [7, 11) is 2.07. The molecule has 0 aliphatic rings. The first-order valence-electron chi connectivity index (χ1n) is 15.1. The van der Waals surface area contributed by atoms with E-state index >= 15 is 0 Å². The normalized spacial score (nSPS) is 12.6. The van der Waals surface area contributed by atoms with E-state index in [1.165, 1.54) is 0 Å². The van der Waals surface area contributed by atoms with E-state index in [0.29, 0.717) is 31.5 Å². The summed E-state index contributed by atoms with van der Waals surface area (Å²) in [5, 5.41) is 0. The van der Waals surface area contributed by atoms with Crippen LogP contribution in [0.1, 0.15) is 96.0 Å². The molecule has 0 radical (unpaired) electrons. The number of unbranched alkanes of at least 4 members (excludes halogenated alkanes) is 1. The molecule has 0 aromatic carbocycles. The van der Waals surface area contributed by atoms with Gasteiger partial charge in [0.25, 0.3) is 0 Å². The number of hydrogen-bond acceptors (Lipinski definition) is 4. The molecule has 0 unspecified atom stereocenters. The molecule has 0 fully saturated rings. The van der Waals surface area contributed by atoms with Crippen LogP contribution in [0, 0.1) is 0 Å². The summed E-state index contributed by atoms with van der Waals surface area (Å²) in [5.74, 6) is 0.618. The molecule has 0 saturated carbocycles. The van der Waals surface area contributed by atoms with Crippen LogP contribution in [0.15, 0.2) is 91.4 Å². The first kappa shape index (κ1) is 34.9. The van der Waals surface area contributed by atoms with Crippen LogP contribution >= 0.6 is 0 Å². The van der Waals surface area contributed by atoms with Gasteiger partial charge in [0, 0.05) is 38.1 Å². The Morgan fingerprint density at radius 2 is 1.27 bits per heavy atom. The third-order valence-corrected chi connectivity index (χ3v) is 6.32. The summed E-state index contributed by atoms with van der Waals surface area (Å²) in [6, 6.07) is 3.86. The van der Waals surface area contributed by atoms with Crippen molar-refractivity contribution < 1.29 is 9.59 Å². The summed E-state index contributed by atoms with van der Waals surface area (Å²) >= 11 is 0. The molecule has 1 aromatic heterocycles. The Hall–Kier alpha value is -3.11. The predicted molar refractivity (Wildman–Crippen MR) is 172 cm³/mol. The standard InChI is InChI=1S/C36H52N2O2/c1-3-4-5-6-7-8-9-10-11-12-13-14-15-16-17-18-19-26-35(39)28-22-31-38(2)32-23-29-36(40)27-20-24-34-25-21-30-37-33-34/h4-5,7-8,10-11,13-14,16-17,20-21,24-25,30,33H,3,6,9,12,15,18-19,22-23,26-29,31-32H2,1-2H3/b5-4-,8-7-,11-10-,14-13-,17-16-,24-20+. The van der Waals surface area contributed by atoms with E-state index in [4.69, 9.17) is 0 Å². The first-order valence-corrected chi connectivity index (χ1v) is 15.1. The Labute approximate surface area is 244 Å². The molecule has 1 rings (SSSR count). The number of allylic oxidation sites excluding steroid dienone is 11. The van der Waals surface area contributed by atoms with Crippen molar-refractivity contribution in [2.24, 2.45) is 0 Å². The van der Waals surface area contributed by atoms with Crippen molar-refractivity contribution >= 4 is 17.6 Å². The number of carbonyl (C=O) groups excluding carboxylic acids is 2. The van der Waals surface area contributed by atoms with Gasteiger partial charge in [0.15, 0.2) is 0 Å². The predicted octanol–water partition coefficient (Wildman–Crippen LogP) is 9.04. The third kappa shape index (κ3) is 22.8. The van der Waals surface area contributed by atoms with Gasteiger partial charge in [-0.1, -0.05) is 85.9 Å². The van der Waals surface area contributed by atoms with Gasteiger partial charge in [-0.2, -0.15) is 0 Å². The van der Waals surface area contributed by atoms with Crippen LogP contribution in [0.25, 0.3) is 6.08 Å². The van der Waals surface area contributed by atoms with Crippen molar-refractivity contribution in [1.29, 1.82) is 0 Å². The lowest BCUT2D eigenvalue weighted by Crippen LogP contribution is -2.22. The molecule has 0 bridgehead atoms. The molecule has 4 nitrogen and oxygen atoms in total. The molecular weight excluding hydrogens is 492 g/mol. The summed E-state index contributed by atoms with van der Waals surface area (Å²) in [4.78, 5) is 30.5. The Balaban J connectivity index is 1.95. The maximum atomic E-state index is 12.2. The lowest BCUT2D eigenvalue weighted by atomic mass is 10.1. The zero-order valence-corrected chi connectivity index (χ0v) is 25.1. The molecule has 0 amide bonds. The second kappa shape index (κ2) is 26.1. The van der Waals surface area contributed by atoms with Crippen LogP contribution in [0.4, 0.5) is 0 Å². The van der Waals surface area contributed by atoms with E-state index in [-0.39, 0.29) is 5.78 Å². The van der Waals surface area contributed by atoms with Crippen molar-refractivity contribution in [2.75, 3.05) is 20.1 Å². The number of pyridine rings is 1. The number of Topliss-reactive ketones (excluding diaryl/α,β-unsaturated/α-hetero) is 2. The van der Waals surface area contributed by atoms with Gasteiger partial charge >= 0.3 is 0 Å². The minimum Gasteiger partial charge on any atom is -0.306 e. The highest BCUT2D eigenvalue weighted by atomic mass is 16.1. The number of carbonyl (C=O) groups is 2. The van der Waals surface area contributed by atoms with Gasteiger partial charge in [-0.15, -0.1) is 0 Å². The summed E-state index contributed by atoms with van der Waals surface area (Å²) < 4.78 is 0. The fraction of sp³-hybridized carbons (Fsp3) is 0.472. The minimum absolute atomic E-state index is 0.260. The van der Waals surface area contributed by atoms with E-state index in [2.05, 4.69) is 84.6 Å². The van der Waals surface area contributed by atoms with Gasteiger partial charge in [-0.05, 0) is 89.6 Å². The fourth-order valence-electron chi connectivity index (χ4n) is 4.02. The molecule has 0 atom stereocenters. The Morgan fingerprint density at radius 1 is 0.725 bits per heavy atom. The van der Waals surface area contributed by atoms with E-state index in [9.17, 15) is 9.59 Å². The van der Waals surface area contributed by atoms with Crippen LogP contribution in [0.2, 0.25) is 0 Å². The smallest absolute Gasteiger partial charge is 0.136 e. The van der Waals surface area contributed by atoms with Crippen molar-refractivity contribution in [3.8, 4) is 0 Å². The van der Waals surface area contributed by atoms with Gasteiger partial charge in [-0.25, -0.2) is 0 Å². The van der Waals surface area contributed by atoms with E-state index in [1.54, 1.807) is 12.4 Å². The highest BCUT2D eigenvalue weighted by Gasteiger charge is 2.05. The van der Waals surface area contributed by atoms with Gasteiger partial charge < -0.3 is 4.90 Å². The van der Waals surface area contributed by atoms with Crippen LogP contribution in [-0.4, -0.2) is 41.6 Å². The maximum Gasteiger partial charge on any atom is 0.136 e. The summed E-state index contributed by atoms with van der Waals surface area (Å²) in [5.41, 5.74) is 1.01. The molecule has 1 heterocycles. The Bertz CT molecular complexity index is 954. The van der Waals surface area contributed by atoms with Gasteiger partial charge in [0.2, 0.25) is 0 Å². The summed E-state index contributed by atoms with van der Waals surface area (Å²) in [6.07, 6.45) is 40.5. The molecule has 0 N–H and O–H groups in total. The van der Waals surface area contributed by atoms with Crippen molar-refractivity contribution in [1.82, 2.24) is 9.88 Å². The number of nitrogens with zero attached hydrogens (tertiary/aromatic N) is 2. The first-order chi connectivity index (χ1) is 19.6. The lowest BCUT2D eigenvalue weighted by molar-refractivity contribution is -0.119. The van der Waals surface area contributed by atoms with E-state index < -0.39 is 0 Å². The quantitative estimate of drug-likeness (QED) is 0.0962. The van der Waals surface area contributed by atoms with Crippen LogP contribution in [0.5, 0.6) is 0 Å². The molecule has 0 saturated heterocycles. The van der Waals surface area contributed by atoms with Gasteiger partial charge in [0.1, 0.15) is 11.6 Å². The molecule has 218 valence electrons.